The highest BCUT2D eigenvalue weighted by atomic mass is 35.5. The highest BCUT2D eigenvalue weighted by molar-refractivity contribution is 7.84. The summed E-state index contributed by atoms with van der Waals surface area (Å²) in [5.41, 5.74) is 0.407. The van der Waals surface area contributed by atoms with E-state index in [-0.39, 0.29) is 6.42 Å². The molecule has 0 aromatic heterocycles. The van der Waals surface area contributed by atoms with Crippen LogP contribution in [-0.4, -0.2) is 19.6 Å². The first-order valence-corrected chi connectivity index (χ1v) is 6.83. The highest BCUT2D eigenvalue weighted by Gasteiger charge is 2.25. The fraction of sp³-hybridized carbons (Fsp3) is 0.400. The first kappa shape index (κ1) is 14.4. The van der Waals surface area contributed by atoms with Crippen LogP contribution < -0.4 is 5.14 Å². The lowest BCUT2D eigenvalue weighted by Crippen LogP contribution is -2.28. The molecule has 0 heterocycles. The number of hydrogen-bond donors (Lipinski definition) is 2. The molecule has 2 atom stereocenters. The second-order valence-electron chi connectivity index (χ2n) is 3.50. The predicted molar refractivity (Wildman–Crippen MR) is 64.7 cm³/mol. The monoisotopic (exact) mass is 279 g/mol. The summed E-state index contributed by atoms with van der Waals surface area (Å²) in [7, 11) is -4.10. The summed E-state index contributed by atoms with van der Waals surface area (Å²) in [6, 6.07) is 6.60. The Kier molecular flexibility index (Phi) is 4.91. The standard InChI is InChI=1S/C10H14ClNO4S/c1-2-9(16-17(12,14)15)10(13)7-5-3-4-6-8(7)11/h3-6,9-10,13H,2H2,1H3,(H2,12,14,15)/t9-,10-/m1/s1. The molecule has 0 aliphatic rings. The van der Waals surface area contributed by atoms with Crippen LogP contribution in [0.15, 0.2) is 24.3 Å². The molecule has 3 N–H and O–H groups in total. The van der Waals surface area contributed by atoms with Crippen LogP contribution in [0.25, 0.3) is 0 Å². The molecule has 0 fully saturated rings. The Morgan fingerprint density at radius 1 is 1.47 bits per heavy atom. The van der Waals surface area contributed by atoms with Gasteiger partial charge in [-0.3, -0.25) is 4.18 Å². The van der Waals surface area contributed by atoms with Crippen LogP contribution in [0, 0.1) is 0 Å². The number of aliphatic hydroxyl groups is 1. The first-order valence-electron chi connectivity index (χ1n) is 4.98. The van der Waals surface area contributed by atoms with Gasteiger partial charge in [-0.05, 0) is 12.5 Å². The third-order valence-corrected chi connectivity index (χ3v) is 3.10. The molecule has 0 bridgehead atoms. The number of rotatable bonds is 5. The second kappa shape index (κ2) is 5.79. The molecule has 0 saturated carbocycles. The molecule has 0 radical (unpaired) electrons. The van der Waals surface area contributed by atoms with Gasteiger partial charge in [0.2, 0.25) is 0 Å². The van der Waals surface area contributed by atoms with E-state index in [0.717, 1.165) is 0 Å². The van der Waals surface area contributed by atoms with Crippen LogP contribution in [0.5, 0.6) is 0 Å². The lowest BCUT2D eigenvalue weighted by molar-refractivity contribution is 0.0373. The fourth-order valence-corrected chi connectivity index (χ4v) is 2.26. The minimum atomic E-state index is -4.10. The topological polar surface area (TPSA) is 89.6 Å². The molecule has 0 amide bonds. The molecule has 1 rings (SSSR count). The molecule has 0 saturated heterocycles. The smallest absolute Gasteiger partial charge is 0.333 e. The van der Waals surface area contributed by atoms with Crippen molar-refractivity contribution in [2.24, 2.45) is 5.14 Å². The first-order chi connectivity index (χ1) is 7.85. The molecular formula is C10H14ClNO4S. The normalized spacial score (nSPS) is 15.5. The molecule has 7 heteroatoms. The zero-order chi connectivity index (χ0) is 13.1. The molecular weight excluding hydrogens is 266 g/mol. The minimum Gasteiger partial charge on any atom is -0.386 e. The number of halogens is 1. The Morgan fingerprint density at radius 3 is 2.53 bits per heavy atom. The summed E-state index contributed by atoms with van der Waals surface area (Å²) < 4.78 is 26.3. The average molecular weight is 280 g/mol. The van der Waals surface area contributed by atoms with Crippen molar-refractivity contribution in [1.82, 2.24) is 0 Å². The van der Waals surface area contributed by atoms with E-state index in [1.54, 1.807) is 31.2 Å². The number of benzene rings is 1. The molecule has 17 heavy (non-hydrogen) atoms. The van der Waals surface area contributed by atoms with Gasteiger partial charge in [-0.25, -0.2) is 5.14 Å². The predicted octanol–water partition coefficient (Wildman–Crippen LogP) is 1.37. The Morgan fingerprint density at radius 2 is 2.06 bits per heavy atom. The SMILES string of the molecule is CC[C@@H](OS(N)(=O)=O)[C@H](O)c1ccccc1Cl. The Balaban J connectivity index is 2.94. The summed E-state index contributed by atoms with van der Waals surface area (Å²) >= 11 is 5.90. The van der Waals surface area contributed by atoms with Crippen molar-refractivity contribution in [2.45, 2.75) is 25.6 Å². The number of hydrogen-bond acceptors (Lipinski definition) is 4. The van der Waals surface area contributed by atoms with Crippen molar-refractivity contribution < 1.29 is 17.7 Å². The maximum Gasteiger partial charge on any atom is 0.333 e. The maximum atomic E-state index is 10.8. The second-order valence-corrected chi connectivity index (χ2v) is 5.09. The van der Waals surface area contributed by atoms with Gasteiger partial charge < -0.3 is 5.11 Å². The summed E-state index contributed by atoms with van der Waals surface area (Å²) in [6.45, 7) is 1.68. The average Bonchev–Trinajstić information content (AvgIpc) is 2.24. The van der Waals surface area contributed by atoms with Crippen LogP contribution in [0.4, 0.5) is 0 Å². The van der Waals surface area contributed by atoms with Crippen molar-refractivity contribution in [3.63, 3.8) is 0 Å². The van der Waals surface area contributed by atoms with E-state index >= 15 is 0 Å². The minimum absolute atomic E-state index is 0.281. The fourth-order valence-electron chi connectivity index (χ4n) is 1.43. The number of nitrogens with two attached hydrogens (primary N) is 1. The van der Waals surface area contributed by atoms with E-state index in [9.17, 15) is 13.5 Å². The van der Waals surface area contributed by atoms with E-state index in [0.29, 0.717) is 10.6 Å². The number of aliphatic hydroxyl groups excluding tert-OH is 1. The van der Waals surface area contributed by atoms with Gasteiger partial charge in [0.05, 0.1) is 0 Å². The van der Waals surface area contributed by atoms with Crippen molar-refractivity contribution in [3.05, 3.63) is 34.9 Å². The zero-order valence-corrected chi connectivity index (χ0v) is 10.8. The van der Waals surface area contributed by atoms with Gasteiger partial charge in [-0.2, -0.15) is 8.42 Å². The van der Waals surface area contributed by atoms with Crippen LogP contribution in [-0.2, 0) is 14.5 Å². The Labute approximate surface area is 105 Å². The van der Waals surface area contributed by atoms with Gasteiger partial charge in [0.15, 0.2) is 0 Å². The maximum absolute atomic E-state index is 10.8. The van der Waals surface area contributed by atoms with Crippen LogP contribution in [0.3, 0.4) is 0 Å². The molecule has 0 spiro atoms. The van der Waals surface area contributed by atoms with Crippen LogP contribution in [0.2, 0.25) is 5.02 Å². The van der Waals surface area contributed by atoms with Gasteiger partial charge in [0.25, 0.3) is 0 Å². The van der Waals surface area contributed by atoms with Crippen LogP contribution >= 0.6 is 11.6 Å². The molecule has 5 nitrogen and oxygen atoms in total. The third kappa shape index (κ3) is 4.25. The molecule has 0 unspecified atom stereocenters. The van der Waals surface area contributed by atoms with Crippen molar-refractivity contribution in [3.8, 4) is 0 Å². The van der Waals surface area contributed by atoms with Gasteiger partial charge in [0.1, 0.15) is 12.2 Å². The largest absolute Gasteiger partial charge is 0.386 e. The third-order valence-electron chi connectivity index (χ3n) is 2.24. The Hall–Kier alpha value is -0.660. The van der Waals surface area contributed by atoms with Gasteiger partial charge in [-0.1, -0.05) is 36.7 Å². The summed E-state index contributed by atoms with van der Waals surface area (Å²) in [5, 5.41) is 15.1. The summed E-state index contributed by atoms with van der Waals surface area (Å²) in [6.07, 6.45) is -1.82. The summed E-state index contributed by atoms with van der Waals surface area (Å²) in [5.74, 6) is 0. The summed E-state index contributed by atoms with van der Waals surface area (Å²) in [4.78, 5) is 0. The Bertz CT molecular complexity index is 477. The van der Waals surface area contributed by atoms with Crippen molar-refractivity contribution >= 4 is 21.9 Å². The van der Waals surface area contributed by atoms with E-state index < -0.39 is 22.5 Å². The van der Waals surface area contributed by atoms with Crippen molar-refractivity contribution in [2.75, 3.05) is 0 Å². The lowest BCUT2D eigenvalue weighted by atomic mass is 10.0. The quantitative estimate of drug-likeness (QED) is 0.852. The lowest BCUT2D eigenvalue weighted by Gasteiger charge is -2.21. The van der Waals surface area contributed by atoms with E-state index in [1.807, 2.05) is 0 Å². The highest BCUT2D eigenvalue weighted by Crippen LogP contribution is 2.28. The molecule has 96 valence electrons. The van der Waals surface area contributed by atoms with Gasteiger partial charge in [0, 0.05) is 10.6 Å². The molecule has 1 aromatic rings. The van der Waals surface area contributed by atoms with E-state index in [1.165, 1.54) is 0 Å². The molecule has 0 aliphatic carbocycles. The molecule has 0 aliphatic heterocycles. The zero-order valence-electron chi connectivity index (χ0n) is 9.21. The van der Waals surface area contributed by atoms with Crippen LogP contribution in [0.1, 0.15) is 25.0 Å². The van der Waals surface area contributed by atoms with E-state index in [4.69, 9.17) is 16.7 Å². The van der Waals surface area contributed by atoms with Crippen molar-refractivity contribution in [1.29, 1.82) is 0 Å². The van der Waals surface area contributed by atoms with Gasteiger partial charge in [-0.15, -0.1) is 0 Å². The molecule has 1 aromatic carbocycles. The van der Waals surface area contributed by atoms with E-state index in [2.05, 4.69) is 4.18 Å². The van der Waals surface area contributed by atoms with Gasteiger partial charge >= 0.3 is 10.3 Å².